The van der Waals surface area contributed by atoms with Crippen LogP contribution < -0.4 is 10.6 Å². The van der Waals surface area contributed by atoms with E-state index in [4.69, 9.17) is 5.73 Å². The predicted molar refractivity (Wildman–Crippen MR) is 79.0 cm³/mol. The SMILES string of the molecule is Cc1cc(N2CCCCCCC2)c(C(C)N)cc1F. The van der Waals surface area contributed by atoms with Gasteiger partial charge in [-0.15, -0.1) is 0 Å². The molecule has 0 aliphatic carbocycles. The van der Waals surface area contributed by atoms with Crippen molar-refractivity contribution >= 4 is 5.69 Å². The molecule has 19 heavy (non-hydrogen) atoms. The molecule has 1 heterocycles. The molecule has 1 aliphatic heterocycles. The summed E-state index contributed by atoms with van der Waals surface area (Å²) in [5, 5.41) is 0. The average molecular weight is 264 g/mol. The smallest absolute Gasteiger partial charge is 0.126 e. The Morgan fingerprint density at radius 3 is 2.26 bits per heavy atom. The third-order valence-electron chi connectivity index (χ3n) is 4.00. The maximum atomic E-state index is 13.8. The number of nitrogens with two attached hydrogens (primary N) is 1. The standard InChI is InChI=1S/C16H25FN2/c1-12-10-16(14(13(2)18)11-15(12)17)19-8-6-4-3-5-7-9-19/h10-11,13H,3-9,18H2,1-2H3. The number of rotatable bonds is 2. The Bertz CT molecular complexity index is 421. The lowest BCUT2D eigenvalue weighted by atomic mass is 10.0. The molecule has 2 rings (SSSR count). The number of nitrogens with zero attached hydrogens (tertiary/aromatic N) is 1. The summed E-state index contributed by atoms with van der Waals surface area (Å²) < 4.78 is 13.8. The fraction of sp³-hybridized carbons (Fsp3) is 0.625. The van der Waals surface area contributed by atoms with Crippen molar-refractivity contribution in [2.45, 2.75) is 52.0 Å². The Morgan fingerprint density at radius 1 is 1.11 bits per heavy atom. The molecule has 1 aromatic carbocycles. The van der Waals surface area contributed by atoms with Gasteiger partial charge in [0.25, 0.3) is 0 Å². The van der Waals surface area contributed by atoms with Gasteiger partial charge in [-0.1, -0.05) is 19.3 Å². The van der Waals surface area contributed by atoms with Gasteiger partial charge < -0.3 is 10.6 Å². The summed E-state index contributed by atoms with van der Waals surface area (Å²) in [5.74, 6) is -0.150. The Hall–Kier alpha value is -1.09. The lowest BCUT2D eigenvalue weighted by Gasteiger charge is -2.30. The van der Waals surface area contributed by atoms with Crippen LogP contribution in [0.4, 0.5) is 10.1 Å². The Kier molecular flexibility index (Phi) is 4.81. The van der Waals surface area contributed by atoms with Crippen molar-refractivity contribution in [1.82, 2.24) is 0 Å². The van der Waals surface area contributed by atoms with E-state index in [1.807, 2.05) is 19.9 Å². The van der Waals surface area contributed by atoms with Crippen LogP contribution in [0, 0.1) is 12.7 Å². The largest absolute Gasteiger partial charge is 0.371 e. The Labute approximate surface area is 115 Å². The summed E-state index contributed by atoms with van der Waals surface area (Å²) in [6.07, 6.45) is 6.37. The van der Waals surface area contributed by atoms with Gasteiger partial charge in [-0.05, 0) is 49.9 Å². The van der Waals surface area contributed by atoms with Crippen molar-refractivity contribution in [2.75, 3.05) is 18.0 Å². The average Bonchev–Trinajstić information content (AvgIpc) is 2.32. The van der Waals surface area contributed by atoms with E-state index in [1.165, 1.54) is 32.1 Å². The van der Waals surface area contributed by atoms with Crippen LogP contribution in [0.2, 0.25) is 0 Å². The molecule has 1 saturated heterocycles. The van der Waals surface area contributed by atoms with Crippen LogP contribution >= 0.6 is 0 Å². The molecule has 2 N–H and O–H groups in total. The molecule has 0 spiro atoms. The number of anilines is 1. The highest BCUT2D eigenvalue weighted by atomic mass is 19.1. The molecule has 2 nitrogen and oxygen atoms in total. The van der Waals surface area contributed by atoms with Crippen molar-refractivity contribution in [2.24, 2.45) is 5.73 Å². The van der Waals surface area contributed by atoms with E-state index in [0.29, 0.717) is 5.56 Å². The van der Waals surface area contributed by atoms with E-state index in [2.05, 4.69) is 4.90 Å². The third kappa shape index (κ3) is 3.47. The molecule has 1 aromatic rings. The number of halogens is 1. The van der Waals surface area contributed by atoms with E-state index >= 15 is 0 Å². The lowest BCUT2D eigenvalue weighted by molar-refractivity contribution is 0.553. The molecule has 0 saturated carbocycles. The van der Waals surface area contributed by atoms with Crippen LogP contribution in [0.5, 0.6) is 0 Å². The predicted octanol–water partition coefficient (Wildman–Crippen LogP) is 3.92. The molecule has 1 fully saturated rings. The first-order valence-corrected chi connectivity index (χ1v) is 7.40. The summed E-state index contributed by atoms with van der Waals surface area (Å²) in [6.45, 7) is 5.88. The molecular formula is C16H25FN2. The molecule has 3 heteroatoms. The van der Waals surface area contributed by atoms with Crippen molar-refractivity contribution in [3.05, 3.63) is 29.1 Å². The maximum absolute atomic E-state index is 13.8. The van der Waals surface area contributed by atoms with E-state index in [9.17, 15) is 4.39 Å². The molecule has 0 amide bonds. The third-order valence-corrected chi connectivity index (χ3v) is 4.00. The zero-order valence-electron chi connectivity index (χ0n) is 12.1. The van der Waals surface area contributed by atoms with Crippen molar-refractivity contribution < 1.29 is 4.39 Å². The number of aryl methyl sites for hydroxylation is 1. The quantitative estimate of drug-likeness (QED) is 0.877. The highest BCUT2D eigenvalue weighted by Gasteiger charge is 2.17. The first kappa shape index (κ1) is 14.3. The van der Waals surface area contributed by atoms with Crippen molar-refractivity contribution in [1.29, 1.82) is 0 Å². The second kappa shape index (κ2) is 6.38. The van der Waals surface area contributed by atoms with Gasteiger partial charge in [0.1, 0.15) is 5.82 Å². The minimum absolute atomic E-state index is 0.129. The van der Waals surface area contributed by atoms with Gasteiger partial charge in [0, 0.05) is 24.8 Å². The molecule has 0 bridgehead atoms. The minimum Gasteiger partial charge on any atom is -0.371 e. The van der Waals surface area contributed by atoms with Gasteiger partial charge in [0.2, 0.25) is 0 Å². The number of hydrogen-bond donors (Lipinski definition) is 1. The number of hydrogen-bond acceptors (Lipinski definition) is 2. The number of benzene rings is 1. The molecule has 0 radical (unpaired) electrons. The van der Waals surface area contributed by atoms with Gasteiger partial charge >= 0.3 is 0 Å². The highest BCUT2D eigenvalue weighted by molar-refractivity contribution is 5.57. The summed E-state index contributed by atoms with van der Waals surface area (Å²) in [4.78, 5) is 2.39. The molecule has 1 aliphatic rings. The molecule has 106 valence electrons. The maximum Gasteiger partial charge on any atom is 0.126 e. The summed E-state index contributed by atoms with van der Waals surface area (Å²) in [6, 6.07) is 3.46. The van der Waals surface area contributed by atoms with Gasteiger partial charge in [0.05, 0.1) is 0 Å². The Morgan fingerprint density at radius 2 is 1.68 bits per heavy atom. The van der Waals surface area contributed by atoms with E-state index < -0.39 is 0 Å². The molecule has 1 atom stereocenters. The first-order chi connectivity index (χ1) is 9.09. The van der Waals surface area contributed by atoms with E-state index in [1.54, 1.807) is 6.07 Å². The van der Waals surface area contributed by atoms with E-state index in [-0.39, 0.29) is 11.9 Å². The minimum atomic E-state index is -0.150. The topological polar surface area (TPSA) is 29.3 Å². The van der Waals surface area contributed by atoms with Crippen LogP contribution in [0.15, 0.2) is 12.1 Å². The zero-order valence-corrected chi connectivity index (χ0v) is 12.1. The molecule has 0 aromatic heterocycles. The van der Waals surface area contributed by atoms with Crippen LogP contribution in [-0.4, -0.2) is 13.1 Å². The Balaban J connectivity index is 2.32. The van der Waals surface area contributed by atoms with Crippen molar-refractivity contribution in [3.63, 3.8) is 0 Å². The molecular weight excluding hydrogens is 239 g/mol. The lowest BCUT2D eigenvalue weighted by Crippen LogP contribution is -2.29. The van der Waals surface area contributed by atoms with Gasteiger partial charge in [0.15, 0.2) is 0 Å². The van der Waals surface area contributed by atoms with Crippen LogP contribution in [0.3, 0.4) is 0 Å². The second-order valence-electron chi connectivity index (χ2n) is 5.70. The van der Waals surface area contributed by atoms with Crippen LogP contribution in [0.25, 0.3) is 0 Å². The van der Waals surface area contributed by atoms with Gasteiger partial charge in [-0.3, -0.25) is 0 Å². The van der Waals surface area contributed by atoms with E-state index in [0.717, 1.165) is 24.3 Å². The monoisotopic (exact) mass is 264 g/mol. The normalized spacial score (nSPS) is 18.8. The van der Waals surface area contributed by atoms with Crippen LogP contribution in [-0.2, 0) is 0 Å². The van der Waals surface area contributed by atoms with Crippen molar-refractivity contribution in [3.8, 4) is 0 Å². The first-order valence-electron chi connectivity index (χ1n) is 7.40. The second-order valence-corrected chi connectivity index (χ2v) is 5.70. The summed E-state index contributed by atoms with van der Waals surface area (Å²) >= 11 is 0. The summed E-state index contributed by atoms with van der Waals surface area (Å²) in [5.41, 5.74) is 8.80. The molecule has 1 unspecified atom stereocenters. The highest BCUT2D eigenvalue weighted by Crippen LogP contribution is 2.29. The fourth-order valence-corrected chi connectivity index (χ4v) is 2.81. The van der Waals surface area contributed by atoms with Crippen LogP contribution in [0.1, 0.15) is 56.2 Å². The van der Waals surface area contributed by atoms with Gasteiger partial charge in [-0.25, -0.2) is 4.39 Å². The fourth-order valence-electron chi connectivity index (χ4n) is 2.81. The zero-order chi connectivity index (χ0) is 13.8. The summed E-state index contributed by atoms with van der Waals surface area (Å²) in [7, 11) is 0. The van der Waals surface area contributed by atoms with Gasteiger partial charge in [-0.2, -0.15) is 0 Å².